The van der Waals surface area contributed by atoms with Crippen molar-refractivity contribution in [3.63, 3.8) is 0 Å². The molecule has 2 unspecified atom stereocenters. The molecule has 1 heterocycles. The number of carbonyl (C=O) groups is 1. The Labute approximate surface area is 128 Å². The van der Waals surface area contributed by atoms with Crippen LogP contribution >= 0.6 is 11.8 Å². The van der Waals surface area contributed by atoms with Crippen LogP contribution in [0.15, 0.2) is 0 Å². The van der Waals surface area contributed by atoms with E-state index in [1.54, 1.807) is 0 Å². The van der Waals surface area contributed by atoms with E-state index in [0.29, 0.717) is 22.5 Å². The Morgan fingerprint density at radius 1 is 1.25 bits per heavy atom. The van der Waals surface area contributed by atoms with Crippen molar-refractivity contribution in [3.05, 3.63) is 0 Å². The van der Waals surface area contributed by atoms with Crippen LogP contribution in [-0.4, -0.2) is 40.6 Å². The van der Waals surface area contributed by atoms with Crippen LogP contribution in [0.1, 0.15) is 53.4 Å². The summed E-state index contributed by atoms with van der Waals surface area (Å²) in [5, 5.41) is 3.60. The minimum Gasteiger partial charge on any atom is -0.324 e. The molecule has 0 aromatic heterocycles. The zero-order chi connectivity index (χ0) is 14.9. The van der Waals surface area contributed by atoms with E-state index >= 15 is 0 Å². The minimum atomic E-state index is 0.0383. The van der Waals surface area contributed by atoms with Gasteiger partial charge in [0, 0.05) is 11.3 Å². The fourth-order valence-electron chi connectivity index (χ4n) is 3.09. The molecule has 3 nitrogen and oxygen atoms in total. The SMILES string of the molecule is CSC1(CN2C(=O)C(CC(C)C)NC2CC(C)C)CC1. The zero-order valence-electron chi connectivity index (χ0n) is 13.6. The second-order valence-corrected chi connectivity index (χ2v) is 8.62. The van der Waals surface area contributed by atoms with Gasteiger partial charge in [-0.25, -0.2) is 0 Å². The highest BCUT2D eigenvalue weighted by Gasteiger charge is 2.48. The van der Waals surface area contributed by atoms with E-state index in [9.17, 15) is 4.79 Å². The van der Waals surface area contributed by atoms with Crippen LogP contribution in [0.3, 0.4) is 0 Å². The maximum atomic E-state index is 12.7. The zero-order valence-corrected chi connectivity index (χ0v) is 14.4. The number of rotatable bonds is 7. The smallest absolute Gasteiger partial charge is 0.241 e. The Hall–Kier alpha value is -0.220. The molecule has 20 heavy (non-hydrogen) atoms. The summed E-state index contributed by atoms with van der Waals surface area (Å²) in [4.78, 5) is 14.9. The van der Waals surface area contributed by atoms with Crippen molar-refractivity contribution in [2.45, 2.75) is 70.3 Å². The summed E-state index contributed by atoms with van der Waals surface area (Å²) < 4.78 is 0.360. The summed E-state index contributed by atoms with van der Waals surface area (Å²) in [6.45, 7) is 9.80. The van der Waals surface area contributed by atoms with Crippen LogP contribution in [0.4, 0.5) is 0 Å². The Morgan fingerprint density at radius 3 is 2.30 bits per heavy atom. The molecule has 1 aliphatic heterocycles. The molecular formula is C16H30N2OS. The molecule has 0 bridgehead atoms. The predicted molar refractivity (Wildman–Crippen MR) is 86.8 cm³/mol. The minimum absolute atomic E-state index is 0.0383. The van der Waals surface area contributed by atoms with Crippen LogP contribution in [0.2, 0.25) is 0 Å². The first-order valence-electron chi connectivity index (χ1n) is 7.98. The van der Waals surface area contributed by atoms with Crippen LogP contribution in [0.25, 0.3) is 0 Å². The fourth-order valence-corrected chi connectivity index (χ4v) is 3.87. The number of hydrogen-bond donors (Lipinski definition) is 1. The summed E-state index contributed by atoms with van der Waals surface area (Å²) in [5.74, 6) is 1.52. The van der Waals surface area contributed by atoms with E-state index in [4.69, 9.17) is 0 Å². The molecule has 1 saturated carbocycles. The average molecular weight is 298 g/mol. The molecule has 0 aromatic rings. The van der Waals surface area contributed by atoms with E-state index in [-0.39, 0.29) is 12.2 Å². The quantitative estimate of drug-likeness (QED) is 0.784. The first kappa shape index (κ1) is 16.2. The highest BCUT2D eigenvalue weighted by Crippen LogP contribution is 2.48. The summed E-state index contributed by atoms with van der Waals surface area (Å²) in [7, 11) is 0. The van der Waals surface area contributed by atoms with Gasteiger partial charge in [-0.3, -0.25) is 10.1 Å². The molecule has 0 radical (unpaired) electrons. The van der Waals surface area contributed by atoms with E-state index in [0.717, 1.165) is 19.4 Å². The van der Waals surface area contributed by atoms with Crippen LogP contribution < -0.4 is 5.32 Å². The number of amides is 1. The van der Waals surface area contributed by atoms with Gasteiger partial charge in [0.15, 0.2) is 0 Å². The largest absolute Gasteiger partial charge is 0.324 e. The van der Waals surface area contributed by atoms with Gasteiger partial charge in [-0.05, 0) is 43.8 Å². The molecule has 1 aliphatic carbocycles. The molecule has 1 saturated heterocycles. The molecule has 2 atom stereocenters. The van der Waals surface area contributed by atoms with Gasteiger partial charge in [-0.15, -0.1) is 0 Å². The Morgan fingerprint density at radius 2 is 1.85 bits per heavy atom. The van der Waals surface area contributed by atoms with Gasteiger partial charge < -0.3 is 4.90 Å². The highest BCUT2D eigenvalue weighted by molar-refractivity contribution is 8.00. The Bertz CT molecular complexity index is 352. The van der Waals surface area contributed by atoms with Gasteiger partial charge in [0.25, 0.3) is 0 Å². The maximum absolute atomic E-state index is 12.7. The number of thioether (sulfide) groups is 1. The third kappa shape index (κ3) is 3.70. The van der Waals surface area contributed by atoms with Gasteiger partial charge in [-0.2, -0.15) is 11.8 Å². The monoisotopic (exact) mass is 298 g/mol. The molecule has 4 heteroatoms. The topological polar surface area (TPSA) is 32.3 Å². The number of nitrogens with zero attached hydrogens (tertiary/aromatic N) is 1. The van der Waals surface area contributed by atoms with Crippen molar-refractivity contribution < 1.29 is 4.79 Å². The summed E-state index contributed by atoms with van der Waals surface area (Å²) in [5.41, 5.74) is 0. The van der Waals surface area contributed by atoms with Crippen molar-refractivity contribution in [1.82, 2.24) is 10.2 Å². The molecule has 116 valence electrons. The predicted octanol–water partition coefficient (Wildman–Crippen LogP) is 3.10. The number of hydrogen-bond acceptors (Lipinski definition) is 3. The number of nitrogens with one attached hydrogen (secondary N) is 1. The van der Waals surface area contributed by atoms with Crippen molar-refractivity contribution in [1.29, 1.82) is 0 Å². The molecular weight excluding hydrogens is 268 g/mol. The van der Waals surface area contributed by atoms with E-state index in [2.05, 4.69) is 44.2 Å². The van der Waals surface area contributed by atoms with Crippen molar-refractivity contribution in [3.8, 4) is 0 Å². The van der Waals surface area contributed by atoms with Crippen LogP contribution in [0, 0.1) is 11.8 Å². The fraction of sp³-hybridized carbons (Fsp3) is 0.938. The molecule has 0 aromatic carbocycles. The Balaban J connectivity index is 2.05. The van der Waals surface area contributed by atoms with E-state index in [1.807, 2.05) is 11.8 Å². The third-order valence-corrected chi connectivity index (χ3v) is 5.86. The molecule has 1 amide bonds. The van der Waals surface area contributed by atoms with Gasteiger partial charge in [0.05, 0.1) is 12.2 Å². The van der Waals surface area contributed by atoms with E-state index in [1.165, 1.54) is 12.8 Å². The summed E-state index contributed by atoms with van der Waals surface area (Å²) in [6, 6.07) is 0.0383. The van der Waals surface area contributed by atoms with Gasteiger partial charge in [0.1, 0.15) is 0 Å². The average Bonchev–Trinajstić information content (AvgIpc) is 3.07. The second-order valence-electron chi connectivity index (χ2n) is 7.35. The van der Waals surface area contributed by atoms with Gasteiger partial charge in [0.2, 0.25) is 5.91 Å². The lowest BCUT2D eigenvalue weighted by Crippen LogP contribution is -2.42. The maximum Gasteiger partial charge on any atom is 0.241 e. The molecule has 0 spiro atoms. The van der Waals surface area contributed by atoms with Gasteiger partial charge >= 0.3 is 0 Å². The first-order chi connectivity index (χ1) is 9.37. The lowest BCUT2D eigenvalue weighted by Gasteiger charge is -2.29. The van der Waals surface area contributed by atoms with Crippen LogP contribution in [-0.2, 0) is 4.79 Å². The van der Waals surface area contributed by atoms with E-state index < -0.39 is 0 Å². The lowest BCUT2D eigenvalue weighted by molar-refractivity contribution is -0.130. The van der Waals surface area contributed by atoms with Crippen molar-refractivity contribution >= 4 is 17.7 Å². The van der Waals surface area contributed by atoms with Crippen molar-refractivity contribution in [2.24, 2.45) is 11.8 Å². The summed E-state index contributed by atoms with van der Waals surface area (Å²) >= 11 is 1.94. The molecule has 2 fully saturated rings. The highest BCUT2D eigenvalue weighted by atomic mass is 32.2. The first-order valence-corrected chi connectivity index (χ1v) is 9.21. The lowest BCUT2D eigenvalue weighted by atomic mass is 10.0. The third-order valence-electron chi connectivity index (χ3n) is 4.45. The van der Waals surface area contributed by atoms with Gasteiger partial charge in [-0.1, -0.05) is 27.7 Å². The molecule has 2 rings (SSSR count). The standard InChI is InChI=1S/C16H30N2OS/c1-11(2)8-13-15(19)18(10-16(20-5)6-7-16)14(17-13)9-12(3)4/h11-14,17H,6-10H2,1-5H3. The number of carbonyl (C=O) groups excluding carboxylic acids is 1. The Kier molecular flexibility index (Phi) is 5.06. The van der Waals surface area contributed by atoms with Crippen molar-refractivity contribution in [2.75, 3.05) is 12.8 Å². The normalized spacial score (nSPS) is 28.8. The van der Waals surface area contributed by atoms with Crippen LogP contribution in [0.5, 0.6) is 0 Å². The molecule has 1 N–H and O–H groups in total. The molecule has 2 aliphatic rings. The summed E-state index contributed by atoms with van der Waals surface area (Å²) in [6.07, 6.45) is 6.98. The second kappa shape index (κ2) is 6.27.